The Bertz CT molecular complexity index is 3310. The van der Waals surface area contributed by atoms with Crippen molar-refractivity contribution in [1.29, 1.82) is 0 Å². The van der Waals surface area contributed by atoms with Crippen molar-refractivity contribution in [3.63, 3.8) is 0 Å². The first-order chi connectivity index (χ1) is 28.5. The molecule has 0 atom stereocenters. The molecule has 12 rings (SSSR count). The number of ether oxygens (including phenoxy) is 2. The van der Waals surface area contributed by atoms with Crippen molar-refractivity contribution >= 4 is 116 Å². The summed E-state index contributed by atoms with van der Waals surface area (Å²) in [6.07, 6.45) is 0. The summed E-state index contributed by atoms with van der Waals surface area (Å²) in [7, 11) is 3.38. The molecule has 3 nitrogen and oxygen atoms in total. The minimum Gasteiger partial charge on any atom is -0.495 e. The molecule has 0 aliphatic carbocycles. The highest BCUT2D eigenvalue weighted by Gasteiger charge is 2.11. The fourth-order valence-electron chi connectivity index (χ4n) is 7.54. The zero-order valence-corrected chi connectivity index (χ0v) is 35.1. The van der Waals surface area contributed by atoms with Gasteiger partial charge in [0.1, 0.15) is 11.3 Å². The quantitative estimate of drug-likeness (QED) is 0.174. The Morgan fingerprint density at radius 3 is 1.36 bits per heavy atom. The van der Waals surface area contributed by atoms with Crippen molar-refractivity contribution in [1.82, 2.24) is 0 Å². The van der Waals surface area contributed by atoms with E-state index in [1.165, 1.54) is 71.6 Å². The van der Waals surface area contributed by atoms with Gasteiger partial charge in [0.2, 0.25) is 0 Å². The number of aryl methyl sites for hydroxylation is 2. The van der Waals surface area contributed by atoms with Gasteiger partial charge in [0.05, 0.1) is 18.9 Å². The van der Waals surface area contributed by atoms with Crippen molar-refractivity contribution in [2.75, 3.05) is 14.2 Å². The molecule has 0 saturated carbocycles. The fourth-order valence-corrected chi connectivity index (χ4v) is 11.1. The van der Waals surface area contributed by atoms with Crippen molar-refractivity contribution in [2.24, 2.45) is 0 Å². The van der Waals surface area contributed by atoms with Gasteiger partial charge in [-0.15, -0.1) is 34.0 Å². The summed E-state index contributed by atoms with van der Waals surface area (Å²) in [4.78, 5) is 0. The van der Waals surface area contributed by atoms with Crippen LogP contribution in [-0.4, -0.2) is 14.2 Å². The molecule has 0 bridgehead atoms. The standard InChI is InChI=1S/C14H12OS.C13H10O2.C13H10S.C12H8S/c1-9-5-3-6-10-11-7-4-8-12(15-2)14(11)16-13(9)10;1-14-12-8-4-6-10-9-5-2-3-7-11(9)15-13(10)12;1-9-5-4-7-11-10-6-2-3-8-12(10)14-13(9)11;1-3-7-11-9(5-1)10-6-2-4-8-12(10)13-11/h3-8H,1-2H3;2-8H,1H3;2-8H,1H3;1-8H. The topological polar surface area (TPSA) is 31.6 Å². The Hall–Kier alpha value is -6.18. The molecular weight excluding hydrogens is 769 g/mol. The van der Waals surface area contributed by atoms with Crippen LogP contribution in [-0.2, 0) is 0 Å². The van der Waals surface area contributed by atoms with Crippen LogP contribution in [0.25, 0.3) is 82.5 Å². The first kappa shape index (κ1) is 37.4. The van der Waals surface area contributed by atoms with Crippen LogP contribution in [0.3, 0.4) is 0 Å². The van der Waals surface area contributed by atoms with Gasteiger partial charge in [-0.1, -0.05) is 133 Å². The van der Waals surface area contributed by atoms with E-state index < -0.39 is 0 Å². The van der Waals surface area contributed by atoms with Crippen molar-refractivity contribution in [3.8, 4) is 11.5 Å². The second kappa shape index (κ2) is 16.4. The number of furan rings is 1. The molecule has 4 heterocycles. The van der Waals surface area contributed by atoms with Gasteiger partial charge in [-0.05, 0) is 61.4 Å². The van der Waals surface area contributed by atoms with E-state index >= 15 is 0 Å². The molecule has 0 saturated heterocycles. The number of methoxy groups -OCH3 is 2. The third-order valence-corrected chi connectivity index (χ3v) is 14.2. The van der Waals surface area contributed by atoms with Crippen LogP contribution in [0.2, 0.25) is 0 Å². The second-order valence-electron chi connectivity index (χ2n) is 14.0. The van der Waals surface area contributed by atoms with Crippen LogP contribution in [0.4, 0.5) is 0 Å². The maximum absolute atomic E-state index is 5.75. The molecule has 0 N–H and O–H groups in total. The van der Waals surface area contributed by atoms with Crippen LogP contribution < -0.4 is 9.47 Å². The van der Waals surface area contributed by atoms with Gasteiger partial charge >= 0.3 is 0 Å². The Balaban J connectivity index is 0.000000100. The molecule has 284 valence electrons. The van der Waals surface area contributed by atoms with E-state index in [0.717, 1.165) is 33.4 Å². The molecule has 0 aliphatic heterocycles. The summed E-state index contributed by atoms with van der Waals surface area (Å²) in [6.45, 7) is 4.34. The van der Waals surface area contributed by atoms with E-state index in [0.29, 0.717) is 0 Å². The third-order valence-electron chi connectivity index (χ3n) is 10.4. The minimum absolute atomic E-state index is 0.781. The van der Waals surface area contributed by atoms with Crippen molar-refractivity contribution < 1.29 is 13.9 Å². The largest absolute Gasteiger partial charge is 0.495 e. The van der Waals surface area contributed by atoms with Crippen LogP contribution in [0.15, 0.2) is 174 Å². The summed E-state index contributed by atoms with van der Waals surface area (Å²) in [5.41, 5.74) is 4.43. The van der Waals surface area contributed by atoms with E-state index in [1.807, 2.05) is 76.5 Å². The van der Waals surface area contributed by atoms with E-state index in [1.54, 1.807) is 14.2 Å². The Morgan fingerprint density at radius 2 is 0.759 bits per heavy atom. The Labute approximate surface area is 348 Å². The number of hydrogen-bond acceptors (Lipinski definition) is 6. The number of hydrogen-bond donors (Lipinski definition) is 0. The molecule has 0 fully saturated rings. The lowest BCUT2D eigenvalue weighted by Gasteiger charge is -1.99. The monoisotopic (exact) mass is 808 g/mol. The molecule has 6 heteroatoms. The lowest BCUT2D eigenvalue weighted by Crippen LogP contribution is -1.81. The van der Waals surface area contributed by atoms with E-state index in [2.05, 4.69) is 141 Å². The number of thiophene rings is 3. The molecule has 0 radical (unpaired) electrons. The van der Waals surface area contributed by atoms with Crippen molar-refractivity contribution in [2.45, 2.75) is 13.8 Å². The lowest BCUT2D eigenvalue weighted by molar-refractivity contribution is 0.412. The van der Waals surface area contributed by atoms with Crippen LogP contribution >= 0.6 is 34.0 Å². The fraction of sp³-hybridized carbons (Fsp3) is 0.0769. The summed E-state index contributed by atoms with van der Waals surface area (Å²) >= 11 is 5.56. The zero-order chi connectivity index (χ0) is 39.6. The number of fused-ring (bicyclic) bond motifs is 12. The number of benzene rings is 8. The molecule has 0 amide bonds. The minimum atomic E-state index is 0.781. The predicted molar refractivity (Wildman–Crippen MR) is 254 cm³/mol. The molecule has 8 aromatic carbocycles. The van der Waals surface area contributed by atoms with Gasteiger partial charge in [0.25, 0.3) is 0 Å². The summed E-state index contributed by atoms with van der Waals surface area (Å²) in [5.74, 6) is 1.75. The van der Waals surface area contributed by atoms with Gasteiger partial charge in [-0.2, -0.15) is 0 Å². The highest BCUT2D eigenvalue weighted by atomic mass is 32.1. The second-order valence-corrected chi connectivity index (χ2v) is 17.1. The lowest BCUT2D eigenvalue weighted by atomic mass is 10.1. The predicted octanol–water partition coefficient (Wildman–Crippen LogP) is 16.4. The molecule has 0 aliphatic rings. The van der Waals surface area contributed by atoms with Crippen LogP contribution in [0.5, 0.6) is 11.5 Å². The molecule has 4 aromatic heterocycles. The number of rotatable bonds is 2. The van der Waals surface area contributed by atoms with E-state index in [-0.39, 0.29) is 0 Å². The number of para-hydroxylation sites is 2. The Kier molecular flexibility index (Phi) is 10.5. The highest BCUT2D eigenvalue weighted by molar-refractivity contribution is 7.27. The van der Waals surface area contributed by atoms with Crippen LogP contribution in [0, 0.1) is 13.8 Å². The molecular formula is C52H40O3S3. The summed E-state index contributed by atoms with van der Waals surface area (Å²) in [6, 6.07) is 58.9. The van der Waals surface area contributed by atoms with E-state index in [4.69, 9.17) is 13.9 Å². The SMILES string of the molecule is COc1cccc2c1oc1ccccc12.COc1cccc2c1sc1c(C)cccc12.Cc1cccc2c1sc1ccccc12.c1ccc2c(c1)sc1ccccc12. The van der Waals surface area contributed by atoms with Gasteiger partial charge < -0.3 is 13.9 Å². The average molecular weight is 809 g/mol. The molecule has 58 heavy (non-hydrogen) atoms. The molecule has 0 spiro atoms. The van der Waals surface area contributed by atoms with Gasteiger partial charge in [0, 0.05) is 66.6 Å². The summed E-state index contributed by atoms with van der Waals surface area (Å²) in [5, 5.41) is 10.4. The first-order valence-electron chi connectivity index (χ1n) is 19.1. The van der Waals surface area contributed by atoms with Crippen molar-refractivity contribution in [3.05, 3.63) is 181 Å². The zero-order valence-electron chi connectivity index (χ0n) is 32.6. The molecule has 12 aromatic rings. The van der Waals surface area contributed by atoms with Gasteiger partial charge in [0.15, 0.2) is 11.3 Å². The smallest absolute Gasteiger partial charge is 0.177 e. The average Bonchev–Trinajstić information content (AvgIpc) is 4.05. The molecule has 0 unspecified atom stereocenters. The normalized spacial score (nSPS) is 11.1. The highest BCUT2D eigenvalue weighted by Crippen LogP contribution is 2.41. The van der Waals surface area contributed by atoms with Gasteiger partial charge in [-0.3, -0.25) is 0 Å². The Morgan fingerprint density at radius 1 is 0.345 bits per heavy atom. The summed E-state index contributed by atoms with van der Waals surface area (Å²) < 4.78 is 24.6. The van der Waals surface area contributed by atoms with Gasteiger partial charge in [-0.25, -0.2) is 0 Å². The van der Waals surface area contributed by atoms with E-state index in [9.17, 15) is 0 Å². The first-order valence-corrected chi connectivity index (χ1v) is 21.6. The third kappa shape index (κ3) is 7.05. The maximum Gasteiger partial charge on any atom is 0.177 e. The van der Waals surface area contributed by atoms with Crippen LogP contribution in [0.1, 0.15) is 11.1 Å². The maximum atomic E-state index is 5.75.